The molecule has 3 heterocycles. The third-order valence-electron chi connectivity index (χ3n) is 5.68. The Morgan fingerprint density at radius 2 is 2.03 bits per heavy atom. The minimum absolute atomic E-state index is 0.0320. The minimum atomic E-state index is -3.78. The minimum Gasteiger partial charge on any atom is -0.495 e. The van der Waals surface area contributed by atoms with Gasteiger partial charge in [-0.05, 0) is 31.0 Å². The first kappa shape index (κ1) is 22.4. The zero-order valence-corrected chi connectivity index (χ0v) is 18.8. The number of hydrogen-bond donors (Lipinski definition) is 1. The molecule has 1 N–H and O–H groups in total. The van der Waals surface area contributed by atoms with Crippen LogP contribution in [0, 0.1) is 5.92 Å². The number of rotatable bonds is 6. The van der Waals surface area contributed by atoms with Gasteiger partial charge in [0.1, 0.15) is 16.5 Å². The average molecular weight is 462 g/mol. The van der Waals surface area contributed by atoms with Crippen molar-refractivity contribution in [2.45, 2.75) is 17.7 Å². The molecule has 2 fully saturated rings. The first-order valence-corrected chi connectivity index (χ1v) is 12.0. The number of carbonyl (C=O) groups is 1. The summed E-state index contributed by atoms with van der Waals surface area (Å²) in [7, 11) is -2.35. The van der Waals surface area contributed by atoms with E-state index in [1.165, 1.54) is 17.5 Å². The van der Waals surface area contributed by atoms with Crippen molar-refractivity contribution < 1.29 is 22.7 Å². The van der Waals surface area contributed by atoms with Crippen molar-refractivity contribution in [2.24, 2.45) is 5.92 Å². The SMILES string of the molecule is COc1ccc(NC(=O)C2CCCN(c3cnccn3)C2)cc1S(=O)(=O)N1CCOCC1. The molecule has 1 amide bonds. The van der Waals surface area contributed by atoms with E-state index < -0.39 is 10.0 Å². The number of morpholine rings is 1. The lowest BCUT2D eigenvalue weighted by atomic mass is 9.97. The number of methoxy groups -OCH3 is 1. The Morgan fingerprint density at radius 3 is 2.75 bits per heavy atom. The predicted molar refractivity (Wildman–Crippen MR) is 118 cm³/mol. The van der Waals surface area contributed by atoms with Crippen molar-refractivity contribution >= 4 is 27.4 Å². The van der Waals surface area contributed by atoms with E-state index in [-0.39, 0.29) is 35.6 Å². The molecular formula is C21H27N5O5S. The van der Waals surface area contributed by atoms with Crippen LogP contribution < -0.4 is 15.0 Å². The molecule has 10 nitrogen and oxygen atoms in total. The number of sulfonamides is 1. The maximum absolute atomic E-state index is 13.2. The highest BCUT2D eigenvalue weighted by Gasteiger charge is 2.31. The summed E-state index contributed by atoms with van der Waals surface area (Å²) in [6, 6.07) is 4.68. The fourth-order valence-corrected chi connectivity index (χ4v) is 5.57. The highest BCUT2D eigenvalue weighted by atomic mass is 32.2. The second-order valence-corrected chi connectivity index (χ2v) is 9.63. The normalized spacial score (nSPS) is 20.0. The molecule has 0 aliphatic carbocycles. The fraction of sp³-hybridized carbons (Fsp3) is 0.476. The quantitative estimate of drug-likeness (QED) is 0.686. The molecule has 1 aromatic carbocycles. The summed E-state index contributed by atoms with van der Waals surface area (Å²) in [5, 5.41) is 2.89. The summed E-state index contributed by atoms with van der Waals surface area (Å²) in [4.78, 5) is 23.5. The molecule has 4 rings (SSSR count). The molecule has 32 heavy (non-hydrogen) atoms. The van der Waals surface area contributed by atoms with Gasteiger partial charge in [-0.25, -0.2) is 13.4 Å². The lowest BCUT2D eigenvalue weighted by Gasteiger charge is -2.32. The number of nitrogens with zero attached hydrogens (tertiary/aromatic N) is 4. The third-order valence-corrected chi connectivity index (χ3v) is 7.60. The number of piperidine rings is 1. The largest absolute Gasteiger partial charge is 0.495 e. The van der Waals surface area contributed by atoms with E-state index >= 15 is 0 Å². The number of carbonyl (C=O) groups excluding carboxylic acids is 1. The molecule has 2 saturated heterocycles. The van der Waals surface area contributed by atoms with Gasteiger partial charge < -0.3 is 19.7 Å². The van der Waals surface area contributed by atoms with Gasteiger partial charge >= 0.3 is 0 Å². The zero-order valence-electron chi connectivity index (χ0n) is 17.9. The molecule has 0 spiro atoms. The summed E-state index contributed by atoms with van der Waals surface area (Å²) in [6.07, 6.45) is 6.54. The van der Waals surface area contributed by atoms with Gasteiger partial charge in [0.15, 0.2) is 0 Å². The van der Waals surface area contributed by atoms with Crippen LogP contribution in [-0.4, -0.2) is 75.1 Å². The Kier molecular flexibility index (Phi) is 6.87. The lowest BCUT2D eigenvalue weighted by molar-refractivity contribution is -0.120. The van der Waals surface area contributed by atoms with Crippen LogP contribution in [0.5, 0.6) is 5.75 Å². The van der Waals surface area contributed by atoms with E-state index in [2.05, 4.69) is 15.3 Å². The highest BCUT2D eigenvalue weighted by molar-refractivity contribution is 7.89. The molecule has 0 saturated carbocycles. The summed E-state index contributed by atoms with van der Waals surface area (Å²) in [5.41, 5.74) is 0.416. The number of amides is 1. The number of anilines is 2. The molecule has 1 unspecified atom stereocenters. The molecule has 2 aliphatic rings. The van der Waals surface area contributed by atoms with Gasteiger partial charge in [-0.15, -0.1) is 0 Å². The van der Waals surface area contributed by atoms with Crippen molar-refractivity contribution in [3.63, 3.8) is 0 Å². The van der Waals surface area contributed by atoms with Gasteiger partial charge in [0, 0.05) is 44.3 Å². The Hall–Kier alpha value is -2.76. The van der Waals surface area contributed by atoms with Crippen LogP contribution in [0.3, 0.4) is 0 Å². The van der Waals surface area contributed by atoms with Crippen molar-refractivity contribution in [1.82, 2.24) is 14.3 Å². The molecule has 2 aromatic rings. The van der Waals surface area contributed by atoms with E-state index in [0.717, 1.165) is 25.2 Å². The van der Waals surface area contributed by atoms with Crippen molar-refractivity contribution in [3.05, 3.63) is 36.8 Å². The molecular weight excluding hydrogens is 434 g/mol. The summed E-state index contributed by atoms with van der Waals surface area (Å²) < 4.78 is 38.3. The maximum atomic E-state index is 13.2. The van der Waals surface area contributed by atoms with E-state index in [9.17, 15) is 13.2 Å². The standard InChI is InChI=1S/C21H27N5O5S/c1-30-18-5-4-17(13-19(18)32(28,29)26-9-11-31-12-10-26)24-21(27)16-3-2-8-25(15-16)20-14-22-6-7-23-20/h4-7,13-14,16H,2-3,8-12,15H2,1H3,(H,24,27). The Labute approximate surface area is 187 Å². The topological polar surface area (TPSA) is 114 Å². The number of benzene rings is 1. The number of ether oxygens (including phenoxy) is 2. The second kappa shape index (κ2) is 9.80. The van der Waals surface area contributed by atoms with Crippen molar-refractivity contribution in [3.8, 4) is 5.75 Å². The second-order valence-electron chi connectivity index (χ2n) is 7.72. The van der Waals surface area contributed by atoms with Gasteiger partial charge in [-0.2, -0.15) is 4.31 Å². The molecule has 172 valence electrons. The van der Waals surface area contributed by atoms with Gasteiger partial charge in [-0.1, -0.05) is 0 Å². The monoisotopic (exact) mass is 461 g/mol. The predicted octanol–water partition coefficient (Wildman–Crippen LogP) is 1.36. The molecule has 11 heteroatoms. The smallest absolute Gasteiger partial charge is 0.246 e. The van der Waals surface area contributed by atoms with Crippen LogP contribution in [0.25, 0.3) is 0 Å². The third kappa shape index (κ3) is 4.84. The molecule has 0 bridgehead atoms. The van der Waals surface area contributed by atoms with Crippen molar-refractivity contribution in [2.75, 3.05) is 56.7 Å². The lowest BCUT2D eigenvalue weighted by Crippen LogP contribution is -2.41. The summed E-state index contributed by atoms with van der Waals surface area (Å²) in [6.45, 7) is 2.60. The number of aromatic nitrogens is 2. The Morgan fingerprint density at radius 1 is 1.22 bits per heavy atom. The van der Waals surface area contributed by atoms with E-state index in [0.29, 0.717) is 25.4 Å². The Bertz CT molecular complexity index is 1040. The number of nitrogens with one attached hydrogen (secondary N) is 1. The Balaban J connectivity index is 1.50. The van der Waals surface area contributed by atoms with Gasteiger partial charge in [-0.3, -0.25) is 9.78 Å². The maximum Gasteiger partial charge on any atom is 0.246 e. The van der Waals surface area contributed by atoms with Crippen LogP contribution in [0.1, 0.15) is 12.8 Å². The average Bonchev–Trinajstić information content (AvgIpc) is 2.85. The molecule has 1 atom stereocenters. The first-order valence-electron chi connectivity index (χ1n) is 10.6. The molecule has 1 aromatic heterocycles. The first-order chi connectivity index (χ1) is 15.5. The number of hydrogen-bond acceptors (Lipinski definition) is 8. The zero-order chi connectivity index (χ0) is 22.6. The molecule has 2 aliphatic heterocycles. The van der Waals surface area contributed by atoms with Gasteiger partial charge in [0.2, 0.25) is 15.9 Å². The van der Waals surface area contributed by atoms with E-state index in [4.69, 9.17) is 9.47 Å². The van der Waals surface area contributed by atoms with Crippen LogP contribution in [0.4, 0.5) is 11.5 Å². The summed E-state index contributed by atoms with van der Waals surface area (Å²) >= 11 is 0. The molecule has 0 radical (unpaired) electrons. The van der Waals surface area contributed by atoms with Crippen molar-refractivity contribution in [1.29, 1.82) is 0 Å². The van der Waals surface area contributed by atoms with E-state index in [1.54, 1.807) is 30.7 Å². The van der Waals surface area contributed by atoms with Crippen LogP contribution >= 0.6 is 0 Å². The van der Waals surface area contributed by atoms with Gasteiger partial charge in [0.25, 0.3) is 0 Å². The van der Waals surface area contributed by atoms with Crippen LogP contribution in [0.2, 0.25) is 0 Å². The van der Waals surface area contributed by atoms with Crippen LogP contribution in [-0.2, 0) is 19.6 Å². The fourth-order valence-electron chi connectivity index (χ4n) is 3.98. The van der Waals surface area contributed by atoms with Crippen LogP contribution in [0.15, 0.2) is 41.7 Å². The summed E-state index contributed by atoms with van der Waals surface area (Å²) in [5.74, 6) is 0.583. The highest BCUT2D eigenvalue weighted by Crippen LogP contribution is 2.31. The van der Waals surface area contributed by atoms with Gasteiger partial charge in [0.05, 0.1) is 32.4 Å². The van der Waals surface area contributed by atoms with E-state index in [1.807, 2.05) is 4.90 Å².